The van der Waals surface area contributed by atoms with Crippen molar-refractivity contribution in [1.82, 2.24) is 9.88 Å². The highest BCUT2D eigenvalue weighted by atomic mass is 16.5. The van der Waals surface area contributed by atoms with Gasteiger partial charge in [-0.3, -0.25) is 9.78 Å². The minimum atomic E-state index is -0.198. The highest BCUT2D eigenvalue weighted by molar-refractivity contribution is 5.81. The van der Waals surface area contributed by atoms with Gasteiger partial charge in [0.25, 0.3) is 5.91 Å². The molecule has 2 aliphatic rings. The number of amides is 1. The molecule has 114 valence electrons. The molecule has 3 heterocycles. The van der Waals surface area contributed by atoms with E-state index >= 15 is 0 Å². The number of likely N-dealkylation sites (tertiary alicyclic amines) is 1. The third-order valence-electron chi connectivity index (χ3n) is 4.15. The van der Waals surface area contributed by atoms with Crippen LogP contribution in [0.1, 0.15) is 31.4 Å². The van der Waals surface area contributed by atoms with Crippen molar-refractivity contribution in [2.24, 2.45) is 0 Å². The van der Waals surface area contributed by atoms with Crippen LogP contribution in [-0.2, 0) is 20.9 Å². The lowest BCUT2D eigenvalue weighted by atomic mass is 10.1. The van der Waals surface area contributed by atoms with Crippen LogP contribution in [-0.4, -0.2) is 47.7 Å². The van der Waals surface area contributed by atoms with Crippen LogP contribution in [0, 0.1) is 0 Å². The molecule has 0 unspecified atom stereocenters. The number of nitrogens with zero attached hydrogens (tertiary/aromatic N) is 2. The number of aromatic nitrogens is 1. The molecule has 1 amide bonds. The Balaban J connectivity index is 1.41. The van der Waals surface area contributed by atoms with Gasteiger partial charge in [0.15, 0.2) is 0 Å². The van der Waals surface area contributed by atoms with Gasteiger partial charge in [-0.15, -0.1) is 0 Å². The van der Waals surface area contributed by atoms with Crippen LogP contribution < -0.4 is 0 Å². The maximum Gasteiger partial charge on any atom is 0.251 e. The Morgan fingerprint density at radius 3 is 2.86 bits per heavy atom. The van der Waals surface area contributed by atoms with Crippen molar-refractivity contribution in [2.75, 3.05) is 19.7 Å². The predicted octanol–water partition coefficient (Wildman–Crippen LogP) is 1.77. The van der Waals surface area contributed by atoms with E-state index in [0.29, 0.717) is 6.61 Å². The number of hydrogen-bond acceptors (Lipinski definition) is 4. The van der Waals surface area contributed by atoms with Crippen molar-refractivity contribution in [1.29, 1.82) is 0 Å². The first kappa shape index (κ1) is 14.5. The highest BCUT2D eigenvalue weighted by Crippen LogP contribution is 2.20. The fraction of sp³-hybridized carbons (Fsp3) is 0.625. The van der Waals surface area contributed by atoms with Crippen molar-refractivity contribution in [2.45, 2.75) is 44.5 Å². The molecular formula is C16H22N2O3. The number of ether oxygens (including phenoxy) is 2. The number of rotatable bonds is 4. The summed E-state index contributed by atoms with van der Waals surface area (Å²) in [5, 5.41) is 0. The second-order valence-electron chi connectivity index (χ2n) is 5.66. The first-order valence-electron chi connectivity index (χ1n) is 7.75. The average molecular weight is 290 g/mol. The van der Waals surface area contributed by atoms with E-state index in [4.69, 9.17) is 9.47 Å². The Hall–Kier alpha value is -1.46. The number of piperidine rings is 1. The third-order valence-corrected chi connectivity index (χ3v) is 4.15. The minimum Gasteiger partial charge on any atom is -0.372 e. The highest BCUT2D eigenvalue weighted by Gasteiger charge is 2.30. The van der Waals surface area contributed by atoms with Gasteiger partial charge in [-0.1, -0.05) is 6.07 Å². The number of carbonyl (C=O) groups is 1. The molecule has 1 atom stereocenters. The zero-order chi connectivity index (χ0) is 14.5. The summed E-state index contributed by atoms with van der Waals surface area (Å²) in [6, 6.07) is 5.84. The molecule has 2 aliphatic heterocycles. The lowest BCUT2D eigenvalue weighted by molar-refractivity contribution is -0.143. The van der Waals surface area contributed by atoms with E-state index in [0.717, 1.165) is 51.1 Å². The molecule has 1 aromatic rings. The first-order valence-corrected chi connectivity index (χ1v) is 7.75. The molecule has 2 saturated heterocycles. The largest absolute Gasteiger partial charge is 0.372 e. The Kier molecular flexibility index (Phi) is 4.83. The van der Waals surface area contributed by atoms with Gasteiger partial charge in [0, 0.05) is 25.9 Å². The topological polar surface area (TPSA) is 51.7 Å². The molecular weight excluding hydrogens is 268 g/mol. The lowest BCUT2D eigenvalue weighted by Crippen LogP contribution is -2.45. The van der Waals surface area contributed by atoms with Crippen LogP contribution in [0.4, 0.5) is 0 Å². The van der Waals surface area contributed by atoms with Crippen LogP contribution in [0.15, 0.2) is 24.4 Å². The fourth-order valence-corrected chi connectivity index (χ4v) is 2.91. The van der Waals surface area contributed by atoms with Crippen LogP contribution >= 0.6 is 0 Å². The molecule has 0 N–H and O–H groups in total. The van der Waals surface area contributed by atoms with Crippen molar-refractivity contribution < 1.29 is 14.3 Å². The van der Waals surface area contributed by atoms with Gasteiger partial charge in [0.05, 0.1) is 18.4 Å². The molecule has 0 bridgehead atoms. The van der Waals surface area contributed by atoms with E-state index < -0.39 is 0 Å². The molecule has 0 radical (unpaired) electrons. The van der Waals surface area contributed by atoms with Crippen molar-refractivity contribution >= 4 is 5.91 Å². The monoisotopic (exact) mass is 290 g/mol. The van der Waals surface area contributed by atoms with Gasteiger partial charge in [0.2, 0.25) is 0 Å². The molecule has 3 rings (SSSR count). The summed E-state index contributed by atoms with van der Waals surface area (Å²) >= 11 is 0. The van der Waals surface area contributed by atoms with E-state index in [1.54, 1.807) is 6.20 Å². The predicted molar refractivity (Wildman–Crippen MR) is 77.6 cm³/mol. The average Bonchev–Trinajstić information content (AvgIpc) is 3.08. The van der Waals surface area contributed by atoms with Crippen LogP contribution in [0.2, 0.25) is 0 Å². The summed E-state index contributed by atoms with van der Waals surface area (Å²) in [5.41, 5.74) is 0.954. The Morgan fingerprint density at radius 1 is 1.33 bits per heavy atom. The molecule has 0 spiro atoms. The van der Waals surface area contributed by atoms with Gasteiger partial charge in [0.1, 0.15) is 6.10 Å². The molecule has 5 heteroatoms. The quantitative estimate of drug-likeness (QED) is 0.848. The molecule has 5 nitrogen and oxygen atoms in total. The van der Waals surface area contributed by atoms with Crippen molar-refractivity contribution in [3.8, 4) is 0 Å². The zero-order valence-electron chi connectivity index (χ0n) is 12.2. The van der Waals surface area contributed by atoms with Gasteiger partial charge >= 0.3 is 0 Å². The van der Waals surface area contributed by atoms with Crippen LogP contribution in [0.25, 0.3) is 0 Å². The summed E-state index contributed by atoms with van der Waals surface area (Å²) in [5.74, 6) is 0.163. The molecule has 0 aliphatic carbocycles. The van der Waals surface area contributed by atoms with Crippen molar-refractivity contribution in [3.63, 3.8) is 0 Å². The SMILES string of the molecule is O=C([C@@H]1CCCO1)N1CCC(OCc2ccccn2)CC1. The Bertz CT molecular complexity index is 452. The summed E-state index contributed by atoms with van der Waals surface area (Å²) < 4.78 is 11.4. The smallest absolute Gasteiger partial charge is 0.251 e. The normalized spacial score (nSPS) is 23.4. The van der Waals surface area contributed by atoms with Crippen LogP contribution in [0.3, 0.4) is 0 Å². The summed E-state index contributed by atoms with van der Waals surface area (Å²) in [7, 11) is 0. The van der Waals surface area contributed by atoms with E-state index in [2.05, 4.69) is 4.98 Å². The van der Waals surface area contributed by atoms with Gasteiger partial charge in [-0.2, -0.15) is 0 Å². The van der Waals surface area contributed by atoms with E-state index in [1.165, 1.54) is 0 Å². The van der Waals surface area contributed by atoms with Crippen molar-refractivity contribution in [3.05, 3.63) is 30.1 Å². The molecule has 0 saturated carbocycles. The summed E-state index contributed by atoms with van der Waals surface area (Å²) in [6.07, 6.45) is 5.46. The summed E-state index contributed by atoms with van der Waals surface area (Å²) in [6.45, 7) is 2.81. The maximum absolute atomic E-state index is 12.2. The molecule has 21 heavy (non-hydrogen) atoms. The zero-order valence-corrected chi connectivity index (χ0v) is 12.2. The number of pyridine rings is 1. The standard InChI is InChI=1S/C16H22N2O3/c19-16(15-5-3-11-20-15)18-9-6-14(7-10-18)21-12-13-4-1-2-8-17-13/h1-2,4,8,14-15H,3,5-7,9-12H2/t15-/m0/s1. The Labute approximate surface area is 125 Å². The molecule has 2 fully saturated rings. The minimum absolute atomic E-state index is 0.163. The van der Waals surface area contributed by atoms with E-state index in [-0.39, 0.29) is 18.1 Å². The summed E-state index contributed by atoms with van der Waals surface area (Å²) in [4.78, 5) is 18.4. The number of hydrogen-bond donors (Lipinski definition) is 0. The first-order chi connectivity index (χ1) is 10.3. The van der Waals surface area contributed by atoms with Gasteiger partial charge in [-0.05, 0) is 37.8 Å². The number of carbonyl (C=O) groups excluding carboxylic acids is 1. The fourth-order valence-electron chi connectivity index (χ4n) is 2.91. The van der Waals surface area contributed by atoms with Gasteiger partial charge in [-0.25, -0.2) is 0 Å². The second kappa shape index (κ2) is 7.00. The molecule has 1 aromatic heterocycles. The van der Waals surface area contributed by atoms with E-state index in [1.807, 2.05) is 23.1 Å². The molecule has 0 aromatic carbocycles. The lowest BCUT2D eigenvalue weighted by Gasteiger charge is -2.33. The van der Waals surface area contributed by atoms with E-state index in [9.17, 15) is 4.79 Å². The maximum atomic E-state index is 12.2. The third kappa shape index (κ3) is 3.80. The van der Waals surface area contributed by atoms with Gasteiger partial charge < -0.3 is 14.4 Å². The second-order valence-corrected chi connectivity index (χ2v) is 5.66. The van der Waals surface area contributed by atoms with Crippen LogP contribution in [0.5, 0.6) is 0 Å². The Morgan fingerprint density at radius 2 is 2.19 bits per heavy atom.